The first kappa shape index (κ1) is 16.8. The Morgan fingerprint density at radius 2 is 1.68 bits per heavy atom. The standard InChI is InChI=1S/C20H21N3O2/c1-4-23-13(3)12(2)17-11-15(7-10-18(17)23)20(25)22-16-8-5-14(6-9-16)19(21)24/h5-11H,4H2,1-3H3,(H2,21,24)(H,22,25). The highest BCUT2D eigenvalue weighted by Crippen LogP contribution is 2.26. The molecule has 0 radical (unpaired) electrons. The van der Waals surface area contributed by atoms with Crippen LogP contribution in [0.15, 0.2) is 42.5 Å². The number of carbonyl (C=O) groups excluding carboxylic acids is 2. The van der Waals surface area contributed by atoms with Gasteiger partial charge in [-0.3, -0.25) is 9.59 Å². The molecule has 5 nitrogen and oxygen atoms in total. The summed E-state index contributed by atoms with van der Waals surface area (Å²) in [7, 11) is 0. The molecule has 25 heavy (non-hydrogen) atoms. The number of hydrogen-bond acceptors (Lipinski definition) is 2. The van der Waals surface area contributed by atoms with Gasteiger partial charge in [-0.2, -0.15) is 0 Å². The quantitative estimate of drug-likeness (QED) is 0.764. The van der Waals surface area contributed by atoms with Gasteiger partial charge < -0.3 is 15.6 Å². The lowest BCUT2D eigenvalue weighted by Gasteiger charge is -2.07. The van der Waals surface area contributed by atoms with Crippen LogP contribution in [0, 0.1) is 13.8 Å². The molecule has 0 spiro atoms. The first-order chi connectivity index (χ1) is 11.9. The SMILES string of the molecule is CCn1c(C)c(C)c2cc(C(=O)Nc3ccc(C(N)=O)cc3)ccc21. The van der Waals surface area contributed by atoms with Gasteiger partial charge in [0.1, 0.15) is 0 Å². The van der Waals surface area contributed by atoms with Crippen molar-refractivity contribution in [3.05, 3.63) is 64.8 Å². The second-order valence-corrected chi connectivity index (χ2v) is 6.08. The molecule has 3 N–H and O–H groups in total. The molecule has 0 saturated heterocycles. The molecule has 0 unspecified atom stereocenters. The molecule has 0 atom stereocenters. The van der Waals surface area contributed by atoms with Gasteiger partial charge in [0.05, 0.1) is 0 Å². The van der Waals surface area contributed by atoms with Gasteiger partial charge in [-0.15, -0.1) is 0 Å². The van der Waals surface area contributed by atoms with Gasteiger partial charge in [-0.05, 0) is 68.8 Å². The number of carbonyl (C=O) groups is 2. The average Bonchev–Trinajstić information content (AvgIpc) is 2.85. The smallest absolute Gasteiger partial charge is 0.255 e. The van der Waals surface area contributed by atoms with Crippen LogP contribution in [-0.2, 0) is 6.54 Å². The third-order valence-electron chi connectivity index (χ3n) is 4.64. The molecule has 2 aromatic carbocycles. The zero-order valence-corrected chi connectivity index (χ0v) is 14.6. The number of primary amides is 1. The third-order valence-corrected chi connectivity index (χ3v) is 4.64. The van der Waals surface area contributed by atoms with E-state index in [4.69, 9.17) is 5.73 Å². The number of hydrogen-bond donors (Lipinski definition) is 2. The Balaban J connectivity index is 1.89. The molecule has 0 aliphatic heterocycles. The number of nitrogens with one attached hydrogen (secondary N) is 1. The maximum absolute atomic E-state index is 12.5. The minimum absolute atomic E-state index is 0.185. The molecule has 2 amide bonds. The summed E-state index contributed by atoms with van der Waals surface area (Å²) in [6, 6.07) is 12.3. The van der Waals surface area contributed by atoms with Gasteiger partial charge in [0.25, 0.3) is 5.91 Å². The highest BCUT2D eigenvalue weighted by Gasteiger charge is 2.13. The lowest BCUT2D eigenvalue weighted by atomic mass is 10.1. The number of benzene rings is 2. The van der Waals surface area contributed by atoms with Gasteiger partial charge in [0.15, 0.2) is 0 Å². The van der Waals surface area contributed by atoms with E-state index in [0.29, 0.717) is 16.8 Å². The van der Waals surface area contributed by atoms with Crippen LogP contribution in [0.2, 0.25) is 0 Å². The fourth-order valence-electron chi connectivity index (χ4n) is 3.12. The molecule has 0 aliphatic carbocycles. The van der Waals surface area contributed by atoms with Crippen LogP contribution in [0.3, 0.4) is 0 Å². The highest BCUT2D eigenvalue weighted by atomic mass is 16.2. The number of nitrogens with two attached hydrogens (primary N) is 1. The van der Waals surface area contributed by atoms with Gasteiger partial charge >= 0.3 is 0 Å². The minimum atomic E-state index is -0.491. The molecule has 5 heteroatoms. The summed E-state index contributed by atoms with van der Waals surface area (Å²) in [6.07, 6.45) is 0. The highest BCUT2D eigenvalue weighted by molar-refractivity contribution is 6.07. The van der Waals surface area contributed by atoms with Gasteiger partial charge in [0, 0.05) is 40.0 Å². The zero-order valence-electron chi connectivity index (χ0n) is 14.6. The molecule has 0 bridgehead atoms. The largest absolute Gasteiger partial charge is 0.366 e. The van der Waals surface area contributed by atoms with Crippen molar-refractivity contribution < 1.29 is 9.59 Å². The fourth-order valence-corrected chi connectivity index (χ4v) is 3.12. The summed E-state index contributed by atoms with van der Waals surface area (Å²) < 4.78 is 2.24. The van der Waals surface area contributed by atoms with E-state index in [1.54, 1.807) is 24.3 Å². The van der Waals surface area contributed by atoms with Crippen molar-refractivity contribution in [2.24, 2.45) is 5.73 Å². The predicted molar refractivity (Wildman–Crippen MR) is 100.0 cm³/mol. The Hall–Kier alpha value is -3.08. The van der Waals surface area contributed by atoms with Crippen LogP contribution < -0.4 is 11.1 Å². The van der Waals surface area contributed by atoms with E-state index in [2.05, 4.69) is 30.7 Å². The lowest BCUT2D eigenvalue weighted by Crippen LogP contribution is -2.13. The Bertz CT molecular complexity index is 969. The first-order valence-corrected chi connectivity index (χ1v) is 8.23. The first-order valence-electron chi connectivity index (χ1n) is 8.23. The van der Waals surface area contributed by atoms with Crippen LogP contribution >= 0.6 is 0 Å². The van der Waals surface area contributed by atoms with E-state index in [0.717, 1.165) is 17.4 Å². The summed E-state index contributed by atoms with van der Waals surface area (Å²) in [5, 5.41) is 3.94. The van der Waals surface area contributed by atoms with Crippen LogP contribution in [0.5, 0.6) is 0 Å². The van der Waals surface area contributed by atoms with Crippen molar-refractivity contribution in [3.8, 4) is 0 Å². The van der Waals surface area contributed by atoms with E-state index in [1.807, 2.05) is 18.2 Å². The van der Waals surface area contributed by atoms with Crippen molar-refractivity contribution in [3.63, 3.8) is 0 Å². The molecule has 128 valence electrons. The number of nitrogens with zero attached hydrogens (tertiary/aromatic N) is 1. The second-order valence-electron chi connectivity index (χ2n) is 6.08. The zero-order chi connectivity index (χ0) is 18.1. The molecular weight excluding hydrogens is 314 g/mol. The summed E-state index contributed by atoms with van der Waals surface area (Å²) in [5.41, 5.74) is 10.4. The third kappa shape index (κ3) is 3.01. The van der Waals surface area contributed by atoms with E-state index < -0.39 is 5.91 Å². The monoisotopic (exact) mass is 335 g/mol. The fraction of sp³-hybridized carbons (Fsp3) is 0.200. The van der Waals surface area contributed by atoms with E-state index in [1.165, 1.54) is 11.3 Å². The molecule has 0 aliphatic rings. The van der Waals surface area contributed by atoms with Crippen molar-refractivity contribution >= 4 is 28.4 Å². The maximum atomic E-state index is 12.5. The molecule has 0 saturated carbocycles. The Morgan fingerprint density at radius 1 is 1.04 bits per heavy atom. The molecule has 0 fully saturated rings. The Morgan fingerprint density at radius 3 is 2.28 bits per heavy atom. The van der Waals surface area contributed by atoms with Gasteiger partial charge in [-0.1, -0.05) is 0 Å². The van der Waals surface area contributed by atoms with Gasteiger partial charge in [-0.25, -0.2) is 0 Å². The lowest BCUT2D eigenvalue weighted by molar-refractivity contribution is 0.0998. The van der Waals surface area contributed by atoms with E-state index >= 15 is 0 Å². The number of aromatic nitrogens is 1. The normalized spacial score (nSPS) is 10.8. The topological polar surface area (TPSA) is 77.1 Å². The number of aryl methyl sites for hydroxylation is 2. The molecule has 3 aromatic rings. The summed E-state index contributed by atoms with van der Waals surface area (Å²) in [6.45, 7) is 7.18. The second kappa shape index (κ2) is 6.43. The maximum Gasteiger partial charge on any atom is 0.255 e. The summed E-state index contributed by atoms with van der Waals surface area (Å²) in [4.78, 5) is 23.6. The van der Waals surface area contributed by atoms with Crippen LogP contribution in [0.25, 0.3) is 10.9 Å². The van der Waals surface area contributed by atoms with Gasteiger partial charge in [0.2, 0.25) is 5.91 Å². The van der Waals surface area contributed by atoms with Crippen molar-refractivity contribution in [1.82, 2.24) is 4.57 Å². The van der Waals surface area contributed by atoms with E-state index in [9.17, 15) is 9.59 Å². The van der Waals surface area contributed by atoms with Crippen molar-refractivity contribution in [2.75, 3.05) is 5.32 Å². The molecule has 1 heterocycles. The average molecular weight is 335 g/mol. The minimum Gasteiger partial charge on any atom is -0.366 e. The van der Waals surface area contributed by atoms with E-state index in [-0.39, 0.29) is 5.91 Å². The summed E-state index contributed by atoms with van der Waals surface area (Å²) >= 11 is 0. The van der Waals surface area contributed by atoms with Crippen molar-refractivity contribution in [1.29, 1.82) is 0 Å². The number of anilines is 1. The number of rotatable bonds is 4. The molecular formula is C20H21N3O2. The van der Waals surface area contributed by atoms with Crippen molar-refractivity contribution in [2.45, 2.75) is 27.3 Å². The Kier molecular flexibility index (Phi) is 4.31. The number of fused-ring (bicyclic) bond motifs is 1. The predicted octanol–water partition coefficient (Wildman–Crippen LogP) is 3.63. The Labute approximate surface area is 146 Å². The molecule has 1 aromatic heterocycles. The van der Waals surface area contributed by atoms with Crippen LogP contribution in [0.1, 0.15) is 38.9 Å². The summed E-state index contributed by atoms with van der Waals surface area (Å²) in [5.74, 6) is -0.676. The molecule has 3 rings (SSSR count). The van der Waals surface area contributed by atoms with Crippen LogP contribution in [0.4, 0.5) is 5.69 Å². The van der Waals surface area contributed by atoms with Crippen LogP contribution in [-0.4, -0.2) is 16.4 Å². The number of amides is 2.